The summed E-state index contributed by atoms with van der Waals surface area (Å²) in [6, 6.07) is 3.80. The van der Waals surface area contributed by atoms with Crippen LogP contribution < -0.4 is 14.9 Å². The van der Waals surface area contributed by atoms with Gasteiger partial charge in [-0.1, -0.05) is 17.4 Å². The number of piperidine rings is 1. The number of benzene rings is 1. The number of anilines is 1. The zero-order valence-electron chi connectivity index (χ0n) is 20.6. The molecule has 0 aliphatic carbocycles. The van der Waals surface area contributed by atoms with E-state index in [1.165, 1.54) is 0 Å². The summed E-state index contributed by atoms with van der Waals surface area (Å²) in [6.07, 6.45) is 2.92. The van der Waals surface area contributed by atoms with Crippen LogP contribution in [-0.2, 0) is 16.0 Å². The molecule has 1 fully saturated rings. The maximum absolute atomic E-state index is 12.5. The third-order valence-corrected chi connectivity index (χ3v) is 7.57. The number of fused-ring (bicyclic) bond motifs is 1. The Hall–Kier alpha value is -3.01. The number of carbonyl (C=O) groups is 2. The predicted octanol–water partition coefficient (Wildman–Crippen LogP) is 4.20. The van der Waals surface area contributed by atoms with E-state index in [1.54, 1.807) is 12.0 Å². The zero-order chi connectivity index (χ0) is 25.3. The Morgan fingerprint density at radius 2 is 1.94 bits per heavy atom. The van der Waals surface area contributed by atoms with Crippen LogP contribution in [0.25, 0.3) is 0 Å². The number of aromatic hydroxyl groups is 1. The van der Waals surface area contributed by atoms with Gasteiger partial charge in [-0.25, -0.2) is 4.79 Å². The van der Waals surface area contributed by atoms with E-state index in [-0.39, 0.29) is 34.6 Å². The van der Waals surface area contributed by atoms with Gasteiger partial charge in [0.05, 0.1) is 17.7 Å². The van der Waals surface area contributed by atoms with Gasteiger partial charge in [-0.05, 0) is 69.6 Å². The lowest BCUT2D eigenvalue weighted by molar-refractivity contribution is -0.116. The highest BCUT2D eigenvalue weighted by Crippen LogP contribution is 2.45. The van der Waals surface area contributed by atoms with Gasteiger partial charge in [-0.3, -0.25) is 14.6 Å². The van der Waals surface area contributed by atoms with Crippen molar-refractivity contribution in [3.05, 3.63) is 37.8 Å². The molecule has 0 bridgehead atoms. The first-order chi connectivity index (χ1) is 16.6. The summed E-state index contributed by atoms with van der Waals surface area (Å²) < 4.78 is 11.0. The molecule has 1 atom stereocenters. The monoisotopic (exact) mass is 503 g/mol. The largest absolute Gasteiger partial charge is 0.495 e. The molecule has 1 aromatic carbocycles. The van der Waals surface area contributed by atoms with Crippen molar-refractivity contribution in [1.82, 2.24) is 9.88 Å². The lowest BCUT2D eigenvalue weighted by Gasteiger charge is -2.35. The third kappa shape index (κ3) is 5.63. The number of thiazole rings is 1. The summed E-state index contributed by atoms with van der Waals surface area (Å²) in [6.45, 7) is 6.76. The van der Waals surface area contributed by atoms with Crippen molar-refractivity contribution in [2.24, 2.45) is 5.92 Å². The van der Waals surface area contributed by atoms with Crippen molar-refractivity contribution in [3.63, 3.8) is 0 Å². The number of hydrogen-bond donors (Lipinski definition) is 3. The van der Waals surface area contributed by atoms with Crippen LogP contribution in [-0.4, -0.2) is 52.8 Å². The van der Waals surface area contributed by atoms with E-state index in [0.717, 1.165) is 35.3 Å². The van der Waals surface area contributed by atoms with Crippen molar-refractivity contribution in [3.8, 4) is 11.6 Å². The number of carbonyl (C=O) groups excluding carboxylic acids is 2. The van der Waals surface area contributed by atoms with Gasteiger partial charge in [-0.2, -0.15) is 0 Å². The fraction of sp³-hybridized carbons (Fsp3) is 0.560. The van der Waals surface area contributed by atoms with Crippen LogP contribution in [0, 0.1) is 5.92 Å². The van der Waals surface area contributed by atoms with Crippen LogP contribution >= 0.6 is 11.3 Å². The molecule has 2 aliphatic rings. The van der Waals surface area contributed by atoms with Gasteiger partial charge in [0, 0.05) is 25.4 Å². The molecule has 2 aromatic rings. The molecule has 0 saturated carbocycles. The Morgan fingerprint density at radius 1 is 1.23 bits per heavy atom. The van der Waals surface area contributed by atoms with E-state index < -0.39 is 5.60 Å². The number of hydrogen-bond acceptors (Lipinski definition) is 7. The highest BCUT2D eigenvalue weighted by Gasteiger charge is 2.33. The highest BCUT2D eigenvalue weighted by molar-refractivity contribution is 7.09. The molecule has 2 amide bonds. The smallest absolute Gasteiger partial charge is 0.410 e. The second-order valence-corrected chi connectivity index (χ2v) is 11.2. The van der Waals surface area contributed by atoms with E-state index >= 15 is 0 Å². The van der Waals surface area contributed by atoms with Gasteiger partial charge < -0.3 is 24.8 Å². The van der Waals surface area contributed by atoms with E-state index in [1.807, 2.05) is 32.9 Å². The number of nitrogens with one attached hydrogen (secondary N) is 2. The van der Waals surface area contributed by atoms with E-state index in [0.29, 0.717) is 48.7 Å². The summed E-state index contributed by atoms with van der Waals surface area (Å²) in [4.78, 5) is 41.2. The Morgan fingerprint density at radius 3 is 2.54 bits per heavy atom. The Balaban J connectivity index is 1.60. The fourth-order valence-electron chi connectivity index (χ4n) is 4.94. The van der Waals surface area contributed by atoms with Crippen LogP contribution in [0.15, 0.2) is 16.9 Å². The molecular formula is C25H33N3O6S. The average Bonchev–Trinajstić information content (AvgIpc) is 3.13. The summed E-state index contributed by atoms with van der Waals surface area (Å²) in [5.74, 6) is 0.472. The van der Waals surface area contributed by atoms with E-state index in [4.69, 9.17) is 9.47 Å². The second kappa shape index (κ2) is 9.93. The summed E-state index contributed by atoms with van der Waals surface area (Å²) in [5, 5.41) is 13.5. The number of rotatable bonds is 5. The number of aromatic nitrogens is 1. The quantitative estimate of drug-likeness (QED) is 0.562. The van der Waals surface area contributed by atoms with Gasteiger partial charge in [0.15, 0.2) is 0 Å². The summed E-state index contributed by atoms with van der Waals surface area (Å²) >= 11 is 1.01. The Kier molecular flexibility index (Phi) is 7.12. The molecule has 1 aromatic heterocycles. The maximum Gasteiger partial charge on any atom is 0.410 e. The van der Waals surface area contributed by atoms with Crippen LogP contribution in [0.3, 0.4) is 0 Å². The Labute approximate surface area is 208 Å². The molecule has 0 spiro atoms. The van der Waals surface area contributed by atoms with Crippen LogP contribution in [0.4, 0.5) is 10.5 Å². The minimum absolute atomic E-state index is 0.0619. The molecule has 1 unspecified atom stereocenters. The van der Waals surface area contributed by atoms with Gasteiger partial charge >= 0.3 is 11.0 Å². The highest BCUT2D eigenvalue weighted by atomic mass is 32.1. The van der Waals surface area contributed by atoms with Gasteiger partial charge in [0.25, 0.3) is 0 Å². The van der Waals surface area contributed by atoms with Crippen LogP contribution in [0.1, 0.15) is 68.4 Å². The van der Waals surface area contributed by atoms with Gasteiger partial charge in [-0.15, -0.1) is 0 Å². The summed E-state index contributed by atoms with van der Waals surface area (Å²) in [5.41, 5.74) is 2.07. The minimum Gasteiger partial charge on any atom is -0.495 e. The van der Waals surface area contributed by atoms with Crippen molar-refractivity contribution >= 4 is 29.0 Å². The first-order valence-corrected chi connectivity index (χ1v) is 12.8. The number of ether oxygens (including phenoxy) is 2. The zero-order valence-corrected chi connectivity index (χ0v) is 21.4. The number of likely N-dealkylation sites (tertiary alicyclic amines) is 1. The number of methoxy groups -OCH3 is 1. The molecule has 3 heterocycles. The van der Waals surface area contributed by atoms with Gasteiger partial charge in [0.1, 0.15) is 11.4 Å². The summed E-state index contributed by atoms with van der Waals surface area (Å²) in [7, 11) is 1.57. The molecule has 9 nitrogen and oxygen atoms in total. The number of nitrogens with zero attached hydrogens (tertiary/aromatic N) is 1. The van der Waals surface area contributed by atoms with E-state index in [9.17, 15) is 19.5 Å². The second-order valence-electron chi connectivity index (χ2n) is 10.2. The number of amides is 2. The molecule has 1 saturated heterocycles. The lowest BCUT2D eigenvalue weighted by atomic mass is 9.80. The van der Waals surface area contributed by atoms with Crippen LogP contribution in [0.5, 0.6) is 11.6 Å². The normalized spacial score (nSPS) is 17.5. The first-order valence-electron chi connectivity index (χ1n) is 11.9. The van der Waals surface area contributed by atoms with Crippen molar-refractivity contribution in [1.29, 1.82) is 0 Å². The Bertz CT molecular complexity index is 1160. The van der Waals surface area contributed by atoms with Crippen molar-refractivity contribution in [2.75, 3.05) is 25.5 Å². The van der Waals surface area contributed by atoms with Crippen LogP contribution in [0.2, 0.25) is 0 Å². The molecule has 190 valence electrons. The van der Waals surface area contributed by atoms with Crippen molar-refractivity contribution in [2.45, 2.75) is 64.4 Å². The number of H-pyrrole nitrogens is 1. The maximum atomic E-state index is 12.5. The fourth-order valence-corrected chi connectivity index (χ4v) is 5.80. The molecule has 0 radical (unpaired) electrons. The third-order valence-electron chi connectivity index (χ3n) is 6.58. The van der Waals surface area contributed by atoms with Crippen molar-refractivity contribution < 1.29 is 24.2 Å². The molecule has 4 rings (SSSR count). The SMILES string of the molecule is COc1ccc(C(CC2CCN(C(=O)OC(C)(C)C)CC2)c2sc(=O)[nH]c2O)c2c1NC(=O)CC2. The minimum atomic E-state index is -0.537. The van der Waals surface area contributed by atoms with Gasteiger partial charge in [0.2, 0.25) is 11.8 Å². The molecular weight excluding hydrogens is 470 g/mol. The number of aromatic amines is 1. The molecule has 10 heteroatoms. The first kappa shape index (κ1) is 25.1. The molecule has 3 N–H and O–H groups in total. The lowest BCUT2D eigenvalue weighted by Crippen LogP contribution is -2.41. The topological polar surface area (TPSA) is 121 Å². The predicted molar refractivity (Wildman–Crippen MR) is 134 cm³/mol. The molecule has 2 aliphatic heterocycles. The standard InChI is InChI=1S/C25H33N3O6S/c1-25(2,3)34-24(32)28-11-9-14(10-12-28)13-17(21-22(30)27-23(31)35-21)15-5-7-18(33-4)20-16(15)6-8-19(29)26-20/h5,7,14,17,30H,6,8-13H2,1-4H3,(H,26,29)(H,27,31). The van der Waals surface area contributed by atoms with E-state index in [2.05, 4.69) is 10.3 Å². The molecule has 35 heavy (non-hydrogen) atoms. The average molecular weight is 504 g/mol.